The minimum atomic E-state index is -0.190. The topological polar surface area (TPSA) is 35.5 Å². The summed E-state index contributed by atoms with van der Waals surface area (Å²) in [6, 6.07) is 0. The number of allylic oxidation sites excluding steroid dienone is 2. The van der Waals surface area contributed by atoms with Crippen molar-refractivity contribution in [1.82, 2.24) is 0 Å². The lowest BCUT2D eigenvalue weighted by Crippen LogP contribution is -2.30. The summed E-state index contributed by atoms with van der Waals surface area (Å²) in [6.07, 6.45) is 13.6. The van der Waals surface area contributed by atoms with Gasteiger partial charge in [0.25, 0.3) is 0 Å². The maximum absolute atomic E-state index is 12.0. The van der Waals surface area contributed by atoms with Gasteiger partial charge in [-0.2, -0.15) is 0 Å². The molecule has 2 rings (SSSR count). The number of hydrogen-bond acceptors (Lipinski definition) is 3. The van der Waals surface area contributed by atoms with Crippen molar-refractivity contribution < 1.29 is 14.3 Å². The van der Waals surface area contributed by atoms with Crippen LogP contribution in [0.2, 0.25) is 0 Å². The predicted octanol–water partition coefficient (Wildman–Crippen LogP) is 3.32. The second kappa shape index (κ2) is 7.29. The fourth-order valence-electron chi connectivity index (χ4n) is 2.55. The number of rotatable bonds is 5. The zero-order valence-electron chi connectivity index (χ0n) is 11.3. The van der Waals surface area contributed by atoms with Gasteiger partial charge in [-0.25, -0.2) is 4.79 Å². The Kier molecular flexibility index (Phi) is 5.40. The van der Waals surface area contributed by atoms with Gasteiger partial charge < -0.3 is 9.47 Å². The van der Waals surface area contributed by atoms with Crippen LogP contribution in [-0.2, 0) is 14.3 Å². The van der Waals surface area contributed by atoms with Crippen LogP contribution >= 0.6 is 0 Å². The molecule has 19 heavy (non-hydrogen) atoms. The van der Waals surface area contributed by atoms with Crippen LogP contribution < -0.4 is 0 Å². The van der Waals surface area contributed by atoms with Crippen molar-refractivity contribution in [2.45, 2.75) is 50.7 Å². The minimum Gasteiger partial charge on any atom is -0.459 e. The molecule has 0 heterocycles. The number of esters is 1. The summed E-state index contributed by atoms with van der Waals surface area (Å²) in [5.41, 5.74) is 0.695. The standard InChI is InChI=1S/C16H22O3/c1-2-11-18-14-9-6-10-15(12-14)19-16(17)13-7-4-3-5-8-13/h2,4,7-8,14-15H,1,3,5-6,9-12H2. The molecule has 0 saturated heterocycles. The first-order valence-corrected chi connectivity index (χ1v) is 7.09. The third kappa shape index (κ3) is 4.35. The summed E-state index contributed by atoms with van der Waals surface area (Å²) in [5, 5.41) is 0. The molecule has 3 nitrogen and oxygen atoms in total. The Morgan fingerprint density at radius 1 is 1.37 bits per heavy atom. The maximum Gasteiger partial charge on any atom is 0.338 e. The molecule has 0 aromatic carbocycles. The SMILES string of the molecule is C=CCOC1CCCC(OC(=O)C2=CCCC=C2)C1. The molecule has 0 aliphatic heterocycles. The molecule has 0 spiro atoms. The molecular weight excluding hydrogens is 240 g/mol. The first-order valence-electron chi connectivity index (χ1n) is 7.09. The zero-order valence-corrected chi connectivity index (χ0v) is 11.3. The monoisotopic (exact) mass is 262 g/mol. The molecule has 0 N–H and O–H groups in total. The molecule has 0 amide bonds. The van der Waals surface area contributed by atoms with Crippen LogP contribution in [0.3, 0.4) is 0 Å². The summed E-state index contributed by atoms with van der Waals surface area (Å²) in [5.74, 6) is -0.190. The Balaban J connectivity index is 1.81. The van der Waals surface area contributed by atoms with E-state index in [0.29, 0.717) is 12.2 Å². The molecule has 0 bridgehead atoms. The molecule has 1 fully saturated rings. The first kappa shape index (κ1) is 14.1. The van der Waals surface area contributed by atoms with Crippen LogP contribution in [0, 0.1) is 0 Å². The number of ether oxygens (including phenoxy) is 2. The van der Waals surface area contributed by atoms with Gasteiger partial charge in [-0.15, -0.1) is 6.58 Å². The Hall–Kier alpha value is -1.35. The number of carbonyl (C=O) groups is 1. The fraction of sp³-hybridized carbons (Fsp3) is 0.562. The summed E-state index contributed by atoms with van der Waals surface area (Å²) >= 11 is 0. The molecule has 1 saturated carbocycles. The van der Waals surface area contributed by atoms with Crippen LogP contribution in [-0.4, -0.2) is 24.8 Å². The summed E-state index contributed by atoms with van der Waals surface area (Å²) in [7, 11) is 0. The molecule has 2 unspecified atom stereocenters. The van der Waals surface area contributed by atoms with Crippen LogP contribution in [0.15, 0.2) is 36.5 Å². The highest BCUT2D eigenvalue weighted by Gasteiger charge is 2.25. The van der Waals surface area contributed by atoms with Crippen molar-refractivity contribution in [2.24, 2.45) is 0 Å². The Morgan fingerprint density at radius 3 is 2.95 bits per heavy atom. The van der Waals surface area contributed by atoms with E-state index in [2.05, 4.69) is 6.58 Å². The van der Waals surface area contributed by atoms with Crippen molar-refractivity contribution in [3.05, 3.63) is 36.5 Å². The molecule has 0 aromatic heterocycles. The van der Waals surface area contributed by atoms with E-state index in [1.54, 1.807) is 6.08 Å². The molecule has 2 aliphatic carbocycles. The molecule has 104 valence electrons. The average molecular weight is 262 g/mol. The first-order chi connectivity index (χ1) is 9.29. The number of hydrogen-bond donors (Lipinski definition) is 0. The van der Waals surface area contributed by atoms with Gasteiger partial charge in [0.15, 0.2) is 0 Å². The zero-order chi connectivity index (χ0) is 13.5. The predicted molar refractivity (Wildman–Crippen MR) is 74.7 cm³/mol. The largest absolute Gasteiger partial charge is 0.459 e. The molecule has 2 aliphatic rings. The van der Waals surface area contributed by atoms with Gasteiger partial charge >= 0.3 is 5.97 Å². The van der Waals surface area contributed by atoms with E-state index >= 15 is 0 Å². The fourth-order valence-corrected chi connectivity index (χ4v) is 2.55. The van der Waals surface area contributed by atoms with Gasteiger partial charge in [-0.3, -0.25) is 0 Å². The van der Waals surface area contributed by atoms with E-state index in [1.807, 2.05) is 18.2 Å². The van der Waals surface area contributed by atoms with Crippen LogP contribution in [0.5, 0.6) is 0 Å². The lowest BCUT2D eigenvalue weighted by atomic mass is 9.94. The van der Waals surface area contributed by atoms with Gasteiger partial charge in [0.05, 0.1) is 18.3 Å². The molecule has 2 atom stereocenters. The van der Waals surface area contributed by atoms with E-state index < -0.39 is 0 Å². The van der Waals surface area contributed by atoms with Gasteiger partial charge in [-0.05, 0) is 32.1 Å². The molecular formula is C16H22O3. The van der Waals surface area contributed by atoms with Crippen LogP contribution in [0.1, 0.15) is 38.5 Å². The maximum atomic E-state index is 12.0. The van der Waals surface area contributed by atoms with Crippen molar-refractivity contribution in [1.29, 1.82) is 0 Å². The third-order valence-electron chi connectivity index (χ3n) is 3.53. The second-order valence-corrected chi connectivity index (χ2v) is 5.08. The van der Waals surface area contributed by atoms with E-state index in [1.165, 1.54) is 0 Å². The quantitative estimate of drug-likeness (QED) is 0.563. The average Bonchev–Trinajstić information content (AvgIpc) is 2.46. The lowest BCUT2D eigenvalue weighted by molar-refractivity contribution is -0.147. The van der Waals surface area contributed by atoms with Crippen molar-refractivity contribution in [3.8, 4) is 0 Å². The minimum absolute atomic E-state index is 0.00714. The van der Waals surface area contributed by atoms with Crippen molar-refractivity contribution in [3.63, 3.8) is 0 Å². The van der Waals surface area contributed by atoms with Gasteiger partial charge in [0.1, 0.15) is 6.10 Å². The van der Waals surface area contributed by atoms with Crippen LogP contribution in [0.25, 0.3) is 0 Å². The molecule has 3 heteroatoms. The lowest BCUT2D eigenvalue weighted by Gasteiger charge is -2.28. The van der Waals surface area contributed by atoms with Gasteiger partial charge in [0, 0.05) is 6.42 Å². The highest BCUT2D eigenvalue weighted by molar-refractivity contribution is 5.91. The molecule has 0 radical (unpaired) electrons. The van der Waals surface area contributed by atoms with Gasteiger partial charge in [0.2, 0.25) is 0 Å². The molecule has 0 aromatic rings. The van der Waals surface area contributed by atoms with E-state index in [4.69, 9.17) is 9.47 Å². The highest BCUT2D eigenvalue weighted by Crippen LogP contribution is 2.25. The Bertz CT molecular complexity index is 381. The third-order valence-corrected chi connectivity index (χ3v) is 3.53. The van der Waals surface area contributed by atoms with Crippen LogP contribution in [0.4, 0.5) is 0 Å². The van der Waals surface area contributed by atoms with E-state index in [-0.39, 0.29) is 18.2 Å². The normalized spacial score (nSPS) is 26.6. The van der Waals surface area contributed by atoms with Crippen molar-refractivity contribution in [2.75, 3.05) is 6.61 Å². The highest BCUT2D eigenvalue weighted by atomic mass is 16.5. The summed E-state index contributed by atoms with van der Waals surface area (Å²) in [6.45, 7) is 4.22. The summed E-state index contributed by atoms with van der Waals surface area (Å²) in [4.78, 5) is 12.0. The summed E-state index contributed by atoms with van der Waals surface area (Å²) < 4.78 is 11.2. The van der Waals surface area contributed by atoms with E-state index in [0.717, 1.165) is 38.5 Å². The second-order valence-electron chi connectivity index (χ2n) is 5.08. The van der Waals surface area contributed by atoms with Gasteiger partial charge in [-0.1, -0.05) is 24.3 Å². The Labute approximate surface area is 115 Å². The smallest absolute Gasteiger partial charge is 0.338 e. The Morgan fingerprint density at radius 2 is 2.21 bits per heavy atom. The number of carbonyl (C=O) groups excluding carboxylic acids is 1. The van der Waals surface area contributed by atoms with Crippen molar-refractivity contribution >= 4 is 5.97 Å². The van der Waals surface area contributed by atoms with E-state index in [9.17, 15) is 4.79 Å².